The molecule has 0 fully saturated rings. The Morgan fingerprint density at radius 3 is 2.75 bits per heavy atom. The minimum absolute atomic E-state index is 0.0161. The molecule has 0 aromatic heterocycles. The van der Waals surface area contributed by atoms with Crippen LogP contribution in [0.15, 0.2) is 30.3 Å². The van der Waals surface area contributed by atoms with E-state index < -0.39 is 0 Å². The second-order valence-corrected chi connectivity index (χ2v) is 3.48. The van der Waals surface area contributed by atoms with Gasteiger partial charge in [0.1, 0.15) is 6.61 Å². The first-order valence-electron chi connectivity index (χ1n) is 5.27. The molecule has 4 nitrogen and oxygen atoms in total. The molecule has 0 spiro atoms. The average molecular weight is 223 g/mol. The van der Waals surface area contributed by atoms with Crippen LogP contribution < -0.4 is 5.32 Å². The molecule has 1 atom stereocenters. The van der Waals surface area contributed by atoms with Gasteiger partial charge in [0.2, 0.25) is 5.91 Å². The number of carbonyl (C=O) groups excluding carboxylic acids is 1. The van der Waals surface area contributed by atoms with E-state index in [1.165, 1.54) is 0 Å². The maximum Gasteiger partial charge on any atom is 0.246 e. The third-order valence-corrected chi connectivity index (χ3v) is 2.15. The van der Waals surface area contributed by atoms with Gasteiger partial charge >= 0.3 is 0 Å². The lowest BCUT2D eigenvalue weighted by Crippen LogP contribution is -2.30. The van der Waals surface area contributed by atoms with Crippen molar-refractivity contribution in [3.8, 4) is 0 Å². The molecule has 0 aliphatic rings. The summed E-state index contributed by atoms with van der Waals surface area (Å²) in [5, 5.41) is 11.3. The van der Waals surface area contributed by atoms with Gasteiger partial charge in [0, 0.05) is 0 Å². The summed E-state index contributed by atoms with van der Waals surface area (Å²) in [7, 11) is 0. The first-order chi connectivity index (χ1) is 7.74. The summed E-state index contributed by atoms with van der Waals surface area (Å²) in [5.74, 6) is -0.176. The number of ether oxygens (including phenoxy) is 1. The van der Waals surface area contributed by atoms with E-state index in [1.54, 1.807) is 0 Å². The Hall–Kier alpha value is -1.39. The van der Waals surface area contributed by atoms with Gasteiger partial charge in [-0.2, -0.15) is 0 Å². The first kappa shape index (κ1) is 12.7. The molecule has 4 heteroatoms. The van der Waals surface area contributed by atoms with Crippen LogP contribution in [0.25, 0.3) is 0 Å². The van der Waals surface area contributed by atoms with E-state index in [0.717, 1.165) is 5.56 Å². The lowest BCUT2D eigenvalue weighted by Gasteiger charge is -2.14. The third-order valence-electron chi connectivity index (χ3n) is 2.15. The molecule has 1 rings (SSSR count). The van der Waals surface area contributed by atoms with Crippen LogP contribution >= 0.6 is 0 Å². The van der Waals surface area contributed by atoms with Gasteiger partial charge in [-0.05, 0) is 12.5 Å². The molecule has 0 aliphatic carbocycles. The SMILES string of the molecule is CC(NC(=O)COCCO)c1ccccc1. The largest absolute Gasteiger partial charge is 0.394 e. The fourth-order valence-electron chi connectivity index (χ4n) is 1.34. The monoisotopic (exact) mass is 223 g/mol. The number of aliphatic hydroxyl groups is 1. The molecule has 1 amide bonds. The van der Waals surface area contributed by atoms with Crippen molar-refractivity contribution < 1.29 is 14.6 Å². The van der Waals surface area contributed by atoms with Crippen molar-refractivity contribution >= 4 is 5.91 Å². The Morgan fingerprint density at radius 2 is 2.12 bits per heavy atom. The molecule has 1 aromatic rings. The van der Waals surface area contributed by atoms with E-state index >= 15 is 0 Å². The number of aliphatic hydroxyl groups excluding tert-OH is 1. The molecule has 16 heavy (non-hydrogen) atoms. The Labute approximate surface area is 95.2 Å². The summed E-state index contributed by atoms with van der Waals surface area (Å²) in [4.78, 5) is 11.4. The Balaban J connectivity index is 2.34. The van der Waals surface area contributed by atoms with Gasteiger partial charge in [0.15, 0.2) is 0 Å². The van der Waals surface area contributed by atoms with Gasteiger partial charge in [-0.25, -0.2) is 0 Å². The van der Waals surface area contributed by atoms with Crippen LogP contribution in [0.5, 0.6) is 0 Å². The molecule has 0 aliphatic heterocycles. The van der Waals surface area contributed by atoms with E-state index in [2.05, 4.69) is 5.32 Å². The maximum absolute atomic E-state index is 11.4. The van der Waals surface area contributed by atoms with E-state index in [1.807, 2.05) is 37.3 Å². The smallest absolute Gasteiger partial charge is 0.246 e. The molecular weight excluding hydrogens is 206 g/mol. The third kappa shape index (κ3) is 4.42. The van der Waals surface area contributed by atoms with Crippen LogP contribution in [-0.4, -0.2) is 30.8 Å². The van der Waals surface area contributed by atoms with Crippen molar-refractivity contribution in [2.24, 2.45) is 0 Å². The van der Waals surface area contributed by atoms with Crippen LogP contribution in [0.1, 0.15) is 18.5 Å². The fraction of sp³-hybridized carbons (Fsp3) is 0.417. The highest BCUT2D eigenvalue weighted by atomic mass is 16.5. The Morgan fingerprint density at radius 1 is 1.44 bits per heavy atom. The van der Waals surface area contributed by atoms with Gasteiger partial charge in [-0.15, -0.1) is 0 Å². The van der Waals surface area contributed by atoms with Crippen LogP contribution in [0.3, 0.4) is 0 Å². The molecule has 1 aromatic carbocycles. The molecular formula is C12H17NO3. The molecule has 0 bridgehead atoms. The van der Waals surface area contributed by atoms with Gasteiger partial charge < -0.3 is 15.2 Å². The van der Waals surface area contributed by atoms with Crippen molar-refractivity contribution in [2.75, 3.05) is 19.8 Å². The maximum atomic E-state index is 11.4. The predicted octanol–water partition coefficient (Wildman–Crippen LogP) is 0.873. The summed E-state index contributed by atoms with van der Waals surface area (Å²) < 4.78 is 4.92. The number of benzene rings is 1. The summed E-state index contributed by atoms with van der Waals surface area (Å²) in [5.41, 5.74) is 1.05. The normalized spacial score (nSPS) is 12.1. The van der Waals surface area contributed by atoms with Crippen LogP contribution in [0.4, 0.5) is 0 Å². The van der Waals surface area contributed by atoms with Gasteiger partial charge in [0.25, 0.3) is 0 Å². The van der Waals surface area contributed by atoms with Gasteiger partial charge in [-0.3, -0.25) is 4.79 Å². The number of amides is 1. The molecule has 2 N–H and O–H groups in total. The summed E-state index contributed by atoms with van der Waals surface area (Å²) in [6.45, 7) is 2.02. The summed E-state index contributed by atoms with van der Waals surface area (Å²) >= 11 is 0. The Kier molecular flexibility index (Phi) is 5.53. The zero-order valence-corrected chi connectivity index (χ0v) is 9.35. The molecule has 88 valence electrons. The minimum atomic E-state index is -0.176. The van der Waals surface area contributed by atoms with E-state index in [9.17, 15) is 4.79 Å². The summed E-state index contributed by atoms with van der Waals surface area (Å²) in [6, 6.07) is 9.67. The van der Waals surface area contributed by atoms with Gasteiger partial charge in [-0.1, -0.05) is 30.3 Å². The lowest BCUT2D eigenvalue weighted by atomic mass is 10.1. The van der Waals surface area contributed by atoms with E-state index in [0.29, 0.717) is 0 Å². The molecule has 1 unspecified atom stereocenters. The lowest BCUT2D eigenvalue weighted by molar-refractivity contribution is -0.126. The van der Waals surface area contributed by atoms with Crippen molar-refractivity contribution in [2.45, 2.75) is 13.0 Å². The number of nitrogens with one attached hydrogen (secondary N) is 1. The molecule has 0 radical (unpaired) electrons. The fourth-order valence-corrected chi connectivity index (χ4v) is 1.34. The highest BCUT2D eigenvalue weighted by Gasteiger charge is 2.08. The standard InChI is InChI=1S/C12H17NO3/c1-10(11-5-3-2-4-6-11)13-12(15)9-16-8-7-14/h2-6,10,14H,7-9H2,1H3,(H,13,15). The second kappa shape index (κ2) is 6.98. The zero-order valence-electron chi connectivity index (χ0n) is 9.35. The highest BCUT2D eigenvalue weighted by Crippen LogP contribution is 2.10. The topological polar surface area (TPSA) is 58.6 Å². The van der Waals surface area contributed by atoms with E-state index in [-0.39, 0.29) is 31.8 Å². The molecule has 0 heterocycles. The molecule has 0 saturated carbocycles. The van der Waals surface area contributed by atoms with E-state index in [4.69, 9.17) is 9.84 Å². The first-order valence-corrected chi connectivity index (χ1v) is 5.27. The van der Waals surface area contributed by atoms with Gasteiger partial charge in [0.05, 0.1) is 19.3 Å². The number of hydrogen-bond acceptors (Lipinski definition) is 3. The molecule has 0 saturated heterocycles. The second-order valence-electron chi connectivity index (χ2n) is 3.48. The van der Waals surface area contributed by atoms with Crippen LogP contribution in [0, 0.1) is 0 Å². The van der Waals surface area contributed by atoms with Crippen LogP contribution in [0.2, 0.25) is 0 Å². The van der Waals surface area contributed by atoms with Crippen molar-refractivity contribution in [3.05, 3.63) is 35.9 Å². The van der Waals surface area contributed by atoms with Crippen molar-refractivity contribution in [3.63, 3.8) is 0 Å². The quantitative estimate of drug-likeness (QED) is 0.704. The van der Waals surface area contributed by atoms with Crippen molar-refractivity contribution in [1.29, 1.82) is 0 Å². The van der Waals surface area contributed by atoms with Crippen LogP contribution in [-0.2, 0) is 9.53 Å². The number of rotatable bonds is 6. The highest BCUT2D eigenvalue weighted by molar-refractivity contribution is 5.77. The average Bonchev–Trinajstić information content (AvgIpc) is 2.30. The summed E-state index contributed by atoms with van der Waals surface area (Å²) in [6.07, 6.45) is 0. The Bertz CT molecular complexity index is 313. The minimum Gasteiger partial charge on any atom is -0.394 e. The number of hydrogen-bond donors (Lipinski definition) is 2. The predicted molar refractivity (Wildman–Crippen MR) is 60.9 cm³/mol. The number of carbonyl (C=O) groups is 1. The zero-order chi connectivity index (χ0) is 11.8. The van der Waals surface area contributed by atoms with Crippen molar-refractivity contribution in [1.82, 2.24) is 5.32 Å².